The van der Waals surface area contributed by atoms with E-state index in [4.69, 9.17) is 0 Å². The van der Waals surface area contributed by atoms with E-state index in [0.717, 1.165) is 0 Å². The molecule has 0 aromatic heterocycles. The average molecular weight is 251 g/mol. The summed E-state index contributed by atoms with van der Waals surface area (Å²) in [6.07, 6.45) is -4.18. The highest BCUT2D eigenvalue weighted by molar-refractivity contribution is 5.81. The van der Waals surface area contributed by atoms with Crippen molar-refractivity contribution in [1.29, 1.82) is 0 Å². The van der Waals surface area contributed by atoms with Crippen LogP contribution in [0.15, 0.2) is 0 Å². The second-order valence-corrected chi connectivity index (χ2v) is 6.10. The number of carbonyl (C=O) groups is 1. The van der Waals surface area contributed by atoms with Gasteiger partial charge in [-0.25, -0.2) is 0 Å². The van der Waals surface area contributed by atoms with Crippen LogP contribution in [-0.2, 0) is 4.79 Å². The lowest BCUT2D eigenvalue weighted by molar-refractivity contribution is -0.231. The van der Waals surface area contributed by atoms with Gasteiger partial charge in [-0.1, -0.05) is 27.7 Å². The molecule has 0 spiro atoms. The Morgan fingerprint density at radius 2 is 1.53 bits per heavy atom. The number of carbonyl (C=O) groups excluding carboxylic acids is 1. The van der Waals surface area contributed by atoms with E-state index in [9.17, 15) is 18.0 Å². The smallest absolute Gasteiger partial charge is 0.342 e. The van der Waals surface area contributed by atoms with Crippen molar-refractivity contribution in [1.82, 2.24) is 4.90 Å². The Kier molecular flexibility index (Phi) is 3.52. The van der Waals surface area contributed by atoms with E-state index < -0.39 is 17.0 Å². The Morgan fingerprint density at radius 1 is 1.12 bits per heavy atom. The quantitative estimate of drug-likeness (QED) is 0.647. The van der Waals surface area contributed by atoms with Gasteiger partial charge in [-0.15, -0.1) is 0 Å². The van der Waals surface area contributed by atoms with E-state index in [0.29, 0.717) is 0 Å². The number of amides is 1. The van der Waals surface area contributed by atoms with Crippen LogP contribution in [0.2, 0.25) is 0 Å². The Bertz CT molecular complexity index is 296. The molecule has 100 valence electrons. The highest BCUT2D eigenvalue weighted by Gasteiger charge is 2.52. The van der Waals surface area contributed by atoms with E-state index in [1.807, 2.05) is 0 Å². The standard InChI is InChI=1S/C12H20F3NO/c1-10(2,3)9(17)16-7-5-11(4,6-8-16)12(13,14)15/h5-8H2,1-4H3. The number of piperidine rings is 1. The second-order valence-electron chi connectivity index (χ2n) is 6.10. The molecule has 2 nitrogen and oxygen atoms in total. The second kappa shape index (κ2) is 4.18. The van der Waals surface area contributed by atoms with Crippen molar-refractivity contribution in [2.45, 2.75) is 46.7 Å². The van der Waals surface area contributed by atoms with Gasteiger partial charge in [0.15, 0.2) is 0 Å². The molecule has 1 fully saturated rings. The van der Waals surface area contributed by atoms with Crippen LogP contribution in [0.1, 0.15) is 40.5 Å². The van der Waals surface area contributed by atoms with Crippen molar-refractivity contribution in [3.8, 4) is 0 Å². The molecule has 1 saturated heterocycles. The molecule has 1 amide bonds. The van der Waals surface area contributed by atoms with Crippen molar-refractivity contribution in [3.63, 3.8) is 0 Å². The molecule has 0 bridgehead atoms. The summed E-state index contributed by atoms with van der Waals surface area (Å²) in [4.78, 5) is 13.5. The number of hydrogen-bond donors (Lipinski definition) is 0. The Morgan fingerprint density at radius 3 is 1.82 bits per heavy atom. The number of rotatable bonds is 0. The first-order valence-corrected chi connectivity index (χ1v) is 5.83. The summed E-state index contributed by atoms with van der Waals surface area (Å²) in [7, 11) is 0. The Hall–Kier alpha value is -0.740. The fourth-order valence-electron chi connectivity index (χ4n) is 1.96. The van der Waals surface area contributed by atoms with Gasteiger partial charge in [-0.3, -0.25) is 4.79 Å². The highest BCUT2D eigenvalue weighted by atomic mass is 19.4. The van der Waals surface area contributed by atoms with Crippen LogP contribution in [0.3, 0.4) is 0 Å². The summed E-state index contributed by atoms with van der Waals surface area (Å²) < 4.78 is 38.4. The van der Waals surface area contributed by atoms with Crippen molar-refractivity contribution >= 4 is 5.91 Å². The average Bonchev–Trinajstić information content (AvgIpc) is 2.15. The normalized spacial score (nSPS) is 21.5. The van der Waals surface area contributed by atoms with Crippen LogP contribution in [0.25, 0.3) is 0 Å². The molecular formula is C12H20F3NO. The van der Waals surface area contributed by atoms with Gasteiger partial charge in [0, 0.05) is 18.5 Å². The van der Waals surface area contributed by atoms with E-state index in [1.165, 1.54) is 6.92 Å². The first-order valence-electron chi connectivity index (χ1n) is 5.83. The third-order valence-electron chi connectivity index (χ3n) is 3.48. The maximum Gasteiger partial charge on any atom is 0.394 e. The van der Waals surface area contributed by atoms with Gasteiger partial charge in [0.25, 0.3) is 0 Å². The van der Waals surface area contributed by atoms with Crippen LogP contribution in [0.5, 0.6) is 0 Å². The third-order valence-corrected chi connectivity index (χ3v) is 3.48. The molecule has 0 aromatic carbocycles. The minimum Gasteiger partial charge on any atom is -0.342 e. The van der Waals surface area contributed by atoms with Crippen molar-refractivity contribution in [2.75, 3.05) is 13.1 Å². The fourth-order valence-corrected chi connectivity index (χ4v) is 1.96. The zero-order chi connectivity index (χ0) is 13.5. The molecule has 1 aliphatic heterocycles. The van der Waals surface area contributed by atoms with Crippen LogP contribution < -0.4 is 0 Å². The van der Waals surface area contributed by atoms with Crippen LogP contribution in [-0.4, -0.2) is 30.1 Å². The maximum absolute atomic E-state index is 12.8. The summed E-state index contributed by atoms with van der Waals surface area (Å²) in [5, 5.41) is 0. The largest absolute Gasteiger partial charge is 0.394 e. The number of hydrogen-bond acceptors (Lipinski definition) is 1. The van der Waals surface area contributed by atoms with Gasteiger partial charge < -0.3 is 4.90 Å². The van der Waals surface area contributed by atoms with Gasteiger partial charge in [0.05, 0.1) is 5.41 Å². The lowest BCUT2D eigenvalue weighted by Crippen LogP contribution is -2.50. The monoisotopic (exact) mass is 251 g/mol. The maximum atomic E-state index is 12.8. The van der Waals surface area contributed by atoms with Crippen LogP contribution in [0.4, 0.5) is 13.2 Å². The summed E-state index contributed by atoms with van der Waals surface area (Å²) in [5.74, 6) is -0.0678. The minimum absolute atomic E-state index is 0.00167. The van der Waals surface area contributed by atoms with Gasteiger partial charge >= 0.3 is 6.18 Å². The molecule has 17 heavy (non-hydrogen) atoms. The molecule has 1 rings (SSSR count). The zero-order valence-corrected chi connectivity index (χ0v) is 10.8. The molecule has 0 atom stereocenters. The molecule has 1 aliphatic rings. The van der Waals surface area contributed by atoms with E-state index in [2.05, 4.69) is 0 Å². The number of nitrogens with zero attached hydrogens (tertiary/aromatic N) is 1. The van der Waals surface area contributed by atoms with Gasteiger partial charge in [-0.05, 0) is 12.8 Å². The molecule has 0 radical (unpaired) electrons. The van der Waals surface area contributed by atoms with E-state index >= 15 is 0 Å². The molecule has 0 aromatic rings. The number of halogens is 3. The molecule has 0 unspecified atom stereocenters. The summed E-state index contributed by atoms with van der Waals surface area (Å²) in [6, 6.07) is 0. The Balaban J connectivity index is 2.67. The minimum atomic E-state index is -4.18. The van der Waals surface area contributed by atoms with Crippen molar-refractivity contribution < 1.29 is 18.0 Å². The molecule has 0 aliphatic carbocycles. The van der Waals surface area contributed by atoms with Gasteiger partial charge in [0.1, 0.15) is 0 Å². The molecular weight excluding hydrogens is 231 g/mol. The predicted molar refractivity (Wildman–Crippen MR) is 59.4 cm³/mol. The molecule has 0 saturated carbocycles. The number of alkyl halides is 3. The summed E-state index contributed by atoms with van der Waals surface area (Å²) in [6.45, 7) is 7.00. The van der Waals surface area contributed by atoms with E-state index in [1.54, 1.807) is 25.7 Å². The Labute approximate surface area is 100 Å². The fraction of sp³-hybridized carbons (Fsp3) is 0.917. The van der Waals surface area contributed by atoms with Crippen molar-refractivity contribution in [3.05, 3.63) is 0 Å². The van der Waals surface area contributed by atoms with Crippen LogP contribution in [0, 0.1) is 10.8 Å². The van der Waals surface area contributed by atoms with Gasteiger partial charge in [0.2, 0.25) is 5.91 Å². The third kappa shape index (κ3) is 2.93. The first-order chi connectivity index (χ1) is 7.47. The molecule has 0 N–H and O–H groups in total. The van der Waals surface area contributed by atoms with Gasteiger partial charge in [-0.2, -0.15) is 13.2 Å². The lowest BCUT2D eigenvalue weighted by atomic mass is 9.79. The predicted octanol–water partition coefficient (Wildman–Crippen LogP) is 3.22. The number of likely N-dealkylation sites (tertiary alicyclic amines) is 1. The van der Waals surface area contributed by atoms with E-state index in [-0.39, 0.29) is 31.8 Å². The van der Waals surface area contributed by atoms with Crippen molar-refractivity contribution in [2.24, 2.45) is 10.8 Å². The SMILES string of the molecule is CC(C)(C)C(=O)N1CCC(C)(C(F)(F)F)CC1. The summed E-state index contributed by atoms with van der Waals surface area (Å²) >= 11 is 0. The lowest BCUT2D eigenvalue weighted by Gasteiger charge is -2.42. The summed E-state index contributed by atoms with van der Waals surface area (Å²) in [5.41, 5.74) is -2.16. The molecule has 5 heteroatoms. The first kappa shape index (κ1) is 14.3. The highest BCUT2D eigenvalue weighted by Crippen LogP contribution is 2.46. The molecule has 1 heterocycles. The zero-order valence-electron chi connectivity index (χ0n) is 10.8. The topological polar surface area (TPSA) is 20.3 Å². The van der Waals surface area contributed by atoms with Crippen LogP contribution >= 0.6 is 0 Å².